The van der Waals surface area contributed by atoms with Crippen LogP contribution >= 0.6 is 0 Å². The van der Waals surface area contributed by atoms with Crippen molar-refractivity contribution in [3.8, 4) is 0 Å². The molecule has 1 atom stereocenters. The maximum absolute atomic E-state index is 11.4. The van der Waals surface area contributed by atoms with Crippen molar-refractivity contribution in [1.29, 1.82) is 0 Å². The van der Waals surface area contributed by atoms with E-state index in [1.807, 2.05) is 11.4 Å². The van der Waals surface area contributed by atoms with Crippen LogP contribution in [0, 0.1) is 0 Å². The number of carboxylic acid groups (broad SMARTS) is 1. The minimum absolute atomic E-state index is 0.00926. The van der Waals surface area contributed by atoms with E-state index in [-0.39, 0.29) is 6.61 Å². The van der Waals surface area contributed by atoms with Gasteiger partial charge in [0, 0.05) is 0 Å². The highest BCUT2D eigenvalue weighted by molar-refractivity contribution is 5.84. The summed E-state index contributed by atoms with van der Waals surface area (Å²) in [5, 5.41) is 12.8. The summed E-state index contributed by atoms with van der Waals surface area (Å²) in [5.41, 5.74) is 0.751. The molecule has 0 aliphatic rings. The zero-order chi connectivity index (χ0) is 15.0. The summed E-state index contributed by atoms with van der Waals surface area (Å²) in [4.78, 5) is 33.2. The molecule has 20 heavy (non-hydrogen) atoms. The average Bonchev–Trinajstić information content (AvgIpc) is 2.45. The van der Waals surface area contributed by atoms with E-state index < -0.39 is 30.5 Å². The van der Waals surface area contributed by atoms with E-state index in [4.69, 9.17) is 4.74 Å². The van der Waals surface area contributed by atoms with Gasteiger partial charge in [-0.15, -0.1) is 0 Å². The number of aliphatic carboxylic acids is 1. The number of methoxy groups -OCH3 is 1. The first kappa shape index (κ1) is 15.5. The van der Waals surface area contributed by atoms with Gasteiger partial charge in [0.25, 0.3) is 0 Å². The van der Waals surface area contributed by atoms with E-state index >= 15 is 0 Å². The van der Waals surface area contributed by atoms with Crippen LogP contribution in [0.4, 0.5) is 4.79 Å². The molecular formula is C13H14NO6-. The molecule has 1 aromatic carbocycles. The molecule has 1 rings (SSSR count). The molecule has 0 radical (unpaired) electrons. The lowest BCUT2D eigenvalue weighted by Gasteiger charge is -2.18. The van der Waals surface area contributed by atoms with Crippen molar-refractivity contribution in [3.05, 3.63) is 35.9 Å². The highest BCUT2D eigenvalue weighted by atomic mass is 16.5. The van der Waals surface area contributed by atoms with Gasteiger partial charge in [0.2, 0.25) is 0 Å². The van der Waals surface area contributed by atoms with Gasteiger partial charge in [-0.1, -0.05) is 30.3 Å². The van der Waals surface area contributed by atoms with Crippen LogP contribution in [0.3, 0.4) is 0 Å². The van der Waals surface area contributed by atoms with Crippen molar-refractivity contribution in [2.24, 2.45) is 0 Å². The van der Waals surface area contributed by atoms with Crippen LogP contribution in [0.15, 0.2) is 30.3 Å². The van der Waals surface area contributed by atoms with Gasteiger partial charge < -0.3 is 24.7 Å². The number of hydrogen-bond acceptors (Lipinski definition) is 6. The Hall–Kier alpha value is -2.57. The quantitative estimate of drug-likeness (QED) is 0.710. The van der Waals surface area contributed by atoms with Crippen LogP contribution < -0.4 is 10.4 Å². The second-order valence-electron chi connectivity index (χ2n) is 3.86. The van der Waals surface area contributed by atoms with Crippen molar-refractivity contribution in [2.45, 2.75) is 19.1 Å². The van der Waals surface area contributed by atoms with Crippen molar-refractivity contribution in [2.75, 3.05) is 7.11 Å². The Morgan fingerprint density at radius 3 is 2.45 bits per heavy atom. The second-order valence-corrected chi connectivity index (χ2v) is 3.86. The minimum atomic E-state index is -1.59. The highest BCUT2D eigenvalue weighted by Gasteiger charge is 2.18. The number of carbonyl (C=O) groups excluding carboxylic acids is 3. The molecule has 1 N–H and O–H groups in total. The van der Waals surface area contributed by atoms with Gasteiger partial charge in [0.05, 0.1) is 25.5 Å². The SMILES string of the molecule is COC(=O)C[C@@H](NC(=O)OCc1ccccc1)C(=O)[O-]. The molecule has 0 saturated carbocycles. The number of hydrogen-bond donors (Lipinski definition) is 1. The van der Waals surface area contributed by atoms with Crippen LogP contribution in [-0.2, 0) is 25.7 Å². The van der Waals surface area contributed by atoms with E-state index in [1.54, 1.807) is 24.3 Å². The van der Waals surface area contributed by atoms with Crippen LogP contribution in [0.1, 0.15) is 12.0 Å². The number of benzene rings is 1. The topological polar surface area (TPSA) is 105 Å². The number of carboxylic acids is 1. The fourth-order valence-electron chi connectivity index (χ4n) is 1.35. The predicted molar refractivity (Wildman–Crippen MR) is 65.2 cm³/mol. The third-order valence-electron chi connectivity index (χ3n) is 2.39. The van der Waals surface area contributed by atoms with E-state index in [2.05, 4.69) is 4.74 Å². The summed E-state index contributed by atoms with van der Waals surface area (Å²) < 4.78 is 9.15. The molecule has 0 heterocycles. The molecule has 0 saturated heterocycles. The molecule has 0 aromatic heterocycles. The Balaban J connectivity index is 2.46. The summed E-state index contributed by atoms with van der Waals surface area (Å²) in [7, 11) is 1.11. The lowest BCUT2D eigenvalue weighted by atomic mass is 10.2. The van der Waals surface area contributed by atoms with Gasteiger partial charge in [-0.3, -0.25) is 4.79 Å². The Morgan fingerprint density at radius 1 is 1.25 bits per heavy atom. The fourth-order valence-corrected chi connectivity index (χ4v) is 1.35. The average molecular weight is 280 g/mol. The largest absolute Gasteiger partial charge is 0.548 e. The van der Waals surface area contributed by atoms with Gasteiger partial charge in [0.15, 0.2) is 0 Å². The summed E-state index contributed by atoms with van der Waals surface area (Å²) in [6.45, 7) is -0.00926. The van der Waals surface area contributed by atoms with E-state index in [9.17, 15) is 19.5 Å². The molecule has 0 bridgehead atoms. The molecule has 1 amide bonds. The molecular weight excluding hydrogens is 266 g/mol. The maximum atomic E-state index is 11.4. The Kier molecular flexibility index (Phi) is 6.02. The van der Waals surface area contributed by atoms with Gasteiger partial charge in [-0.25, -0.2) is 4.79 Å². The molecule has 7 heteroatoms. The summed E-state index contributed by atoms with van der Waals surface area (Å²) in [6, 6.07) is 7.36. The van der Waals surface area contributed by atoms with Crippen LogP contribution in [-0.4, -0.2) is 31.2 Å². The summed E-state index contributed by atoms with van der Waals surface area (Å²) in [6.07, 6.45) is -1.48. The smallest absolute Gasteiger partial charge is 0.408 e. The van der Waals surface area contributed by atoms with Crippen molar-refractivity contribution >= 4 is 18.0 Å². The zero-order valence-electron chi connectivity index (χ0n) is 10.8. The number of alkyl carbamates (subject to hydrolysis) is 1. The molecule has 0 unspecified atom stereocenters. The van der Waals surface area contributed by atoms with Crippen LogP contribution in [0.5, 0.6) is 0 Å². The number of ether oxygens (including phenoxy) is 2. The van der Waals surface area contributed by atoms with Crippen molar-refractivity contribution in [1.82, 2.24) is 5.32 Å². The van der Waals surface area contributed by atoms with Gasteiger partial charge >= 0.3 is 12.1 Å². The van der Waals surface area contributed by atoms with Gasteiger partial charge in [-0.05, 0) is 5.56 Å². The molecule has 108 valence electrons. The number of carbonyl (C=O) groups is 3. The molecule has 0 aliphatic carbocycles. The number of rotatable bonds is 6. The van der Waals surface area contributed by atoms with E-state index in [0.29, 0.717) is 0 Å². The fraction of sp³-hybridized carbons (Fsp3) is 0.308. The first-order chi connectivity index (χ1) is 9.52. The third kappa shape index (κ3) is 5.38. The number of nitrogens with one attached hydrogen (secondary N) is 1. The first-order valence-electron chi connectivity index (χ1n) is 5.78. The highest BCUT2D eigenvalue weighted by Crippen LogP contribution is 2.01. The molecule has 1 aromatic rings. The first-order valence-corrected chi connectivity index (χ1v) is 5.78. The van der Waals surface area contributed by atoms with E-state index in [1.165, 1.54) is 0 Å². The predicted octanol–water partition coefficient (Wildman–Crippen LogP) is -0.406. The van der Waals surface area contributed by atoms with Crippen molar-refractivity contribution in [3.63, 3.8) is 0 Å². The standard InChI is InChI=1S/C13H15NO6/c1-19-11(15)7-10(12(16)17)14-13(18)20-8-9-5-3-2-4-6-9/h2-6,10H,7-8H2,1H3,(H,14,18)(H,16,17)/p-1/t10-/m1/s1. The summed E-state index contributed by atoms with van der Waals surface area (Å²) >= 11 is 0. The zero-order valence-corrected chi connectivity index (χ0v) is 10.8. The molecule has 0 fully saturated rings. The Morgan fingerprint density at radius 2 is 1.90 bits per heavy atom. The van der Waals surface area contributed by atoms with Crippen LogP contribution in [0.2, 0.25) is 0 Å². The molecule has 0 spiro atoms. The van der Waals surface area contributed by atoms with Crippen LogP contribution in [0.25, 0.3) is 0 Å². The second kappa shape index (κ2) is 7.78. The van der Waals surface area contributed by atoms with Gasteiger partial charge in [-0.2, -0.15) is 0 Å². The van der Waals surface area contributed by atoms with Gasteiger partial charge in [0.1, 0.15) is 6.61 Å². The van der Waals surface area contributed by atoms with Crippen molar-refractivity contribution < 1.29 is 29.0 Å². The monoisotopic (exact) mass is 280 g/mol. The number of esters is 1. The molecule has 7 nitrogen and oxygen atoms in total. The normalized spacial score (nSPS) is 11.2. The van der Waals surface area contributed by atoms with E-state index in [0.717, 1.165) is 12.7 Å². The Bertz CT molecular complexity index is 473. The number of amides is 1. The lowest BCUT2D eigenvalue weighted by Crippen LogP contribution is -2.49. The summed E-state index contributed by atoms with van der Waals surface area (Å²) in [5.74, 6) is -2.37. The maximum Gasteiger partial charge on any atom is 0.408 e. The molecule has 0 aliphatic heterocycles. The minimum Gasteiger partial charge on any atom is -0.548 e. The Labute approximate surface area is 115 Å². The lowest BCUT2D eigenvalue weighted by molar-refractivity contribution is -0.308. The third-order valence-corrected chi connectivity index (χ3v) is 2.39.